The SMILES string of the molecule is Cc1ccc(-c2csc(NC(=O)CSc3nnc(C(C)Oc4ccc(F)cc4)n3C)n2)cc1C. The molecule has 2 aromatic heterocycles. The molecule has 0 fully saturated rings. The van der Waals surface area contributed by atoms with Gasteiger partial charge in [-0.25, -0.2) is 9.37 Å². The first kappa shape index (κ1) is 23.9. The van der Waals surface area contributed by atoms with E-state index >= 15 is 0 Å². The fourth-order valence-electron chi connectivity index (χ4n) is 3.23. The maximum absolute atomic E-state index is 13.1. The number of amides is 1. The smallest absolute Gasteiger partial charge is 0.236 e. The quantitative estimate of drug-likeness (QED) is 0.321. The van der Waals surface area contributed by atoms with Crippen molar-refractivity contribution in [2.24, 2.45) is 7.05 Å². The third kappa shape index (κ3) is 5.63. The monoisotopic (exact) mass is 497 g/mol. The summed E-state index contributed by atoms with van der Waals surface area (Å²) in [6, 6.07) is 12.0. The van der Waals surface area contributed by atoms with E-state index in [1.54, 1.807) is 16.7 Å². The highest BCUT2D eigenvalue weighted by Crippen LogP contribution is 2.27. The molecule has 1 unspecified atom stereocenters. The van der Waals surface area contributed by atoms with E-state index in [1.165, 1.54) is 46.4 Å². The van der Waals surface area contributed by atoms with Crippen molar-refractivity contribution in [3.05, 3.63) is 70.6 Å². The minimum atomic E-state index is -0.398. The number of hydrogen-bond acceptors (Lipinski definition) is 7. The van der Waals surface area contributed by atoms with Crippen molar-refractivity contribution in [2.45, 2.75) is 32.0 Å². The van der Waals surface area contributed by atoms with Gasteiger partial charge in [0.25, 0.3) is 0 Å². The fourth-order valence-corrected chi connectivity index (χ4v) is 4.68. The van der Waals surface area contributed by atoms with Gasteiger partial charge in [0.05, 0.1) is 11.4 Å². The molecule has 0 bridgehead atoms. The summed E-state index contributed by atoms with van der Waals surface area (Å²) in [7, 11) is 1.82. The summed E-state index contributed by atoms with van der Waals surface area (Å²) < 4.78 is 20.7. The number of nitrogens with one attached hydrogen (secondary N) is 1. The van der Waals surface area contributed by atoms with E-state index in [0.717, 1.165) is 11.3 Å². The third-order valence-electron chi connectivity index (χ3n) is 5.24. The van der Waals surface area contributed by atoms with Crippen LogP contribution >= 0.6 is 23.1 Å². The minimum absolute atomic E-state index is 0.164. The topological polar surface area (TPSA) is 81.9 Å². The van der Waals surface area contributed by atoms with Crippen molar-refractivity contribution in [3.8, 4) is 17.0 Å². The number of ether oxygens (including phenoxy) is 1. The van der Waals surface area contributed by atoms with Gasteiger partial charge in [-0.3, -0.25) is 4.79 Å². The fraction of sp³-hybridized carbons (Fsp3) is 0.250. The molecule has 0 aliphatic heterocycles. The molecular weight excluding hydrogens is 473 g/mol. The average molecular weight is 498 g/mol. The number of anilines is 1. The largest absolute Gasteiger partial charge is 0.483 e. The number of hydrogen-bond donors (Lipinski definition) is 1. The number of thioether (sulfide) groups is 1. The van der Waals surface area contributed by atoms with E-state index in [0.29, 0.717) is 21.9 Å². The molecule has 4 aromatic rings. The van der Waals surface area contributed by atoms with Crippen molar-refractivity contribution in [2.75, 3.05) is 11.1 Å². The van der Waals surface area contributed by atoms with Crippen molar-refractivity contribution >= 4 is 34.1 Å². The number of thiazole rings is 1. The van der Waals surface area contributed by atoms with E-state index in [4.69, 9.17) is 4.74 Å². The number of benzene rings is 2. The zero-order valence-electron chi connectivity index (χ0n) is 19.2. The molecule has 0 radical (unpaired) electrons. The lowest BCUT2D eigenvalue weighted by atomic mass is 10.1. The Labute approximate surface area is 205 Å². The highest BCUT2D eigenvalue weighted by molar-refractivity contribution is 7.99. The molecule has 1 atom stereocenters. The molecule has 7 nitrogen and oxygen atoms in total. The van der Waals surface area contributed by atoms with E-state index in [1.807, 2.05) is 25.4 Å². The maximum atomic E-state index is 13.1. The molecular formula is C24H24FN5O2S2. The standard InChI is InChI=1S/C24H24FN5O2S2/c1-14-5-6-17(11-15(14)2)20-12-33-23(26-20)27-21(31)13-34-24-29-28-22(30(24)4)16(3)32-19-9-7-18(25)8-10-19/h5-12,16H,13H2,1-4H3,(H,26,27,31). The van der Waals surface area contributed by atoms with Gasteiger partial charge in [0, 0.05) is 18.0 Å². The minimum Gasteiger partial charge on any atom is -0.483 e. The number of aromatic nitrogens is 4. The van der Waals surface area contributed by atoms with Gasteiger partial charge in [-0.05, 0) is 62.2 Å². The molecule has 0 spiro atoms. The number of nitrogens with zero attached hydrogens (tertiary/aromatic N) is 4. The van der Waals surface area contributed by atoms with Gasteiger partial charge in [0.1, 0.15) is 11.6 Å². The summed E-state index contributed by atoms with van der Waals surface area (Å²) in [5.74, 6) is 0.804. The second kappa shape index (κ2) is 10.4. The van der Waals surface area contributed by atoms with E-state index in [2.05, 4.69) is 46.5 Å². The second-order valence-electron chi connectivity index (χ2n) is 7.79. The summed E-state index contributed by atoms with van der Waals surface area (Å²) in [4.78, 5) is 17.0. The Morgan fingerprint density at radius 1 is 1.18 bits per heavy atom. The van der Waals surface area contributed by atoms with Crippen molar-refractivity contribution < 1.29 is 13.9 Å². The van der Waals surface area contributed by atoms with E-state index < -0.39 is 6.10 Å². The summed E-state index contributed by atoms with van der Waals surface area (Å²) >= 11 is 2.67. The van der Waals surface area contributed by atoms with Crippen LogP contribution in [0.25, 0.3) is 11.3 Å². The number of halogens is 1. The maximum Gasteiger partial charge on any atom is 0.236 e. The van der Waals surface area contributed by atoms with E-state index in [9.17, 15) is 9.18 Å². The van der Waals surface area contributed by atoms with Gasteiger partial charge < -0.3 is 14.6 Å². The number of carbonyl (C=O) groups is 1. The van der Waals surface area contributed by atoms with Gasteiger partial charge in [-0.15, -0.1) is 21.5 Å². The molecule has 2 aromatic carbocycles. The van der Waals surface area contributed by atoms with Crippen molar-refractivity contribution in [1.29, 1.82) is 0 Å². The highest BCUT2D eigenvalue weighted by Gasteiger charge is 2.18. The lowest BCUT2D eigenvalue weighted by molar-refractivity contribution is -0.113. The van der Waals surface area contributed by atoms with Crippen LogP contribution in [0.5, 0.6) is 5.75 Å². The molecule has 176 valence electrons. The van der Waals surface area contributed by atoms with Crippen LogP contribution in [0.2, 0.25) is 0 Å². The summed E-state index contributed by atoms with van der Waals surface area (Å²) in [6.45, 7) is 5.98. The van der Waals surface area contributed by atoms with Crippen LogP contribution in [-0.4, -0.2) is 31.4 Å². The van der Waals surface area contributed by atoms with Crippen LogP contribution in [0.15, 0.2) is 53.0 Å². The molecule has 0 aliphatic rings. The molecule has 1 amide bonds. The van der Waals surface area contributed by atoms with Crippen molar-refractivity contribution in [1.82, 2.24) is 19.7 Å². The van der Waals surface area contributed by atoms with Gasteiger partial charge in [0.2, 0.25) is 5.91 Å². The number of rotatable bonds is 8. The normalized spacial score (nSPS) is 11.9. The molecule has 34 heavy (non-hydrogen) atoms. The first-order chi connectivity index (χ1) is 16.3. The van der Waals surface area contributed by atoms with Crippen molar-refractivity contribution in [3.63, 3.8) is 0 Å². The molecule has 0 saturated heterocycles. The van der Waals surface area contributed by atoms with Crippen LogP contribution in [-0.2, 0) is 11.8 Å². The Morgan fingerprint density at radius 2 is 1.94 bits per heavy atom. The predicted octanol–water partition coefficient (Wildman–Crippen LogP) is 5.57. The van der Waals surface area contributed by atoms with Crippen LogP contribution in [0.3, 0.4) is 0 Å². The highest BCUT2D eigenvalue weighted by atomic mass is 32.2. The molecule has 1 N–H and O–H groups in total. The van der Waals surface area contributed by atoms with Gasteiger partial charge in [-0.1, -0.05) is 23.9 Å². The molecule has 0 saturated carbocycles. The van der Waals surface area contributed by atoms with Crippen LogP contribution in [0, 0.1) is 19.7 Å². The Hall–Kier alpha value is -3.24. The predicted molar refractivity (Wildman–Crippen MR) is 133 cm³/mol. The number of aryl methyl sites for hydroxylation is 2. The summed E-state index contributed by atoms with van der Waals surface area (Å²) in [6.07, 6.45) is -0.398. The third-order valence-corrected chi connectivity index (χ3v) is 7.02. The molecule has 2 heterocycles. The van der Waals surface area contributed by atoms with Crippen LogP contribution in [0.1, 0.15) is 30.0 Å². The number of carbonyl (C=O) groups excluding carboxylic acids is 1. The van der Waals surface area contributed by atoms with Crippen LogP contribution < -0.4 is 10.1 Å². The molecule has 0 aliphatic carbocycles. The first-order valence-electron chi connectivity index (χ1n) is 10.6. The zero-order chi connectivity index (χ0) is 24.2. The van der Waals surface area contributed by atoms with Crippen LogP contribution in [0.4, 0.5) is 9.52 Å². The average Bonchev–Trinajstić information content (AvgIpc) is 3.42. The Bertz CT molecular complexity index is 1300. The zero-order valence-corrected chi connectivity index (χ0v) is 20.8. The van der Waals surface area contributed by atoms with E-state index in [-0.39, 0.29) is 17.5 Å². The second-order valence-corrected chi connectivity index (χ2v) is 9.59. The first-order valence-corrected chi connectivity index (χ1v) is 12.4. The van der Waals surface area contributed by atoms with Gasteiger partial charge >= 0.3 is 0 Å². The lowest BCUT2D eigenvalue weighted by Crippen LogP contribution is -2.14. The Kier molecular flexibility index (Phi) is 7.28. The molecule has 10 heteroatoms. The Morgan fingerprint density at radius 3 is 2.68 bits per heavy atom. The summed E-state index contributed by atoms with van der Waals surface area (Å²) in [5.41, 5.74) is 4.29. The van der Waals surface area contributed by atoms with Gasteiger partial charge in [-0.2, -0.15) is 0 Å². The Balaban J connectivity index is 1.33. The molecule has 4 rings (SSSR count). The summed E-state index contributed by atoms with van der Waals surface area (Å²) in [5, 5.41) is 14.3. The van der Waals surface area contributed by atoms with Gasteiger partial charge in [0.15, 0.2) is 22.2 Å². The lowest BCUT2D eigenvalue weighted by Gasteiger charge is -2.14.